The number of halogens is 1. The number of nitrogens with one attached hydrogen (secondary N) is 2. The highest BCUT2D eigenvalue weighted by Crippen LogP contribution is 2.33. The van der Waals surface area contributed by atoms with Crippen LogP contribution in [0.25, 0.3) is 5.82 Å². The van der Waals surface area contributed by atoms with Crippen molar-refractivity contribution in [2.45, 2.75) is 31.7 Å². The Kier molecular flexibility index (Phi) is 7.94. The molecule has 3 aromatic carbocycles. The van der Waals surface area contributed by atoms with Crippen LogP contribution in [0.5, 0.6) is 0 Å². The number of anilines is 1. The van der Waals surface area contributed by atoms with E-state index < -0.39 is 15.2 Å². The van der Waals surface area contributed by atoms with E-state index in [2.05, 4.69) is 94.9 Å². The molecule has 190 valence electrons. The van der Waals surface area contributed by atoms with Gasteiger partial charge in [0, 0.05) is 17.1 Å². The zero-order valence-electron chi connectivity index (χ0n) is 21.2. The van der Waals surface area contributed by atoms with Crippen molar-refractivity contribution in [2.24, 2.45) is 4.99 Å². The van der Waals surface area contributed by atoms with Gasteiger partial charge in [0.1, 0.15) is 5.82 Å². The Morgan fingerprint density at radius 2 is 1.81 bits per heavy atom. The molecule has 0 radical (unpaired) electrons. The van der Waals surface area contributed by atoms with Crippen molar-refractivity contribution in [3.8, 4) is 0 Å². The van der Waals surface area contributed by atoms with Crippen molar-refractivity contribution < 1.29 is 4.39 Å². The van der Waals surface area contributed by atoms with Gasteiger partial charge in [-0.05, 0) is 74.0 Å². The summed E-state index contributed by atoms with van der Waals surface area (Å²) in [6, 6.07) is 24.6. The lowest BCUT2D eigenvalue weighted by molar-refractivity contribution is 0.629. The third-order valence-electron chi connectivity index (χ3n) is 6.04. The lowest BCUT2D eigenvalue weighted by Gasteiger charge is -2.19. The van der Waals surface area contributed by atoms with Gasteiger partial charge < -0.3 is 10.0 Å². The normalized spacial score (nSPS) is 11.8. The summed E-state index contributed by atoms with van der Waals surface area (Å²) in [5.74, 6) is 8.90. The Morgan fingerprint density at radius 1 is 1.05 bits per heavy atom. The molecular formula is C30H32FN5S. The monoisotopic (exact) mass is 513 g/mol. The van der Waals surface area contributed by atoms with Crippen LogP contribution in [-0.4, -0.2) is 28.2 Å². The minimum atomic E-state index is -1.73. The smallest absolute Gasteiger partial charge is 0.192 e. The van der Waals surface area contributed by atoms with Gasteiger partial charge in [0.05, 0.1) is 6.20 Å². The third-order valence-corrected chi connectivity index (χ3v) is 7.84. The largest absolute Gasteiger partial charge is 0.366 e. The fraction of sp³-hybridized carbons (Fsp3) is 0.133. The molecule has 0 amide bonds. The first-order valence-corrected chi connectivity index (χ1v) is 13.9. The number of nitrogens with zero attached hydrogens (tertiary/aromatic N) is 3. The van der Waals surface area contributed by atoms with E-state index in [9.17, 15) is 4.39 Å². The summed E-state index contributed by atoms with van der Waals surface area (Å²) in [5.41, 5.74) is 5.53. The predicted octanol–water partition coefficient (Wildman–Crippen LogP) is 6.86. The molecule has 4 rings (SSSR count). The van der Waals surface area contributed by atoms with Crippen LogP contribution in [0.4, 0.5) is 15.9 Å². The molecule has 0 saturated carbocycles. The Bertz CT molecular complexity index is 1530. The van der Waals surface area contributed by atoms with Gasteiger partial charge in [0.25, 0.3) is 0 Å². The zero-order chi connectivity index (χ0) is 26.4. The standard InChI is InChI=1S/C30H32FN5S/c1-22-13-16-27(17-14-22)37(4,5)35-26-12-8-10-24(19-26)20-33-29(36-30(32-3)28(31)21-34-36)18-15-25-11-7-6-9-23(25)2/h6-14,16-19,21,33,35H,3-5,15,20H2,1-2H3/b29-18-. The Labute approximate surface area is 219 Å². The van der Waals surface area contributed by atoms with Crippen LogP contribution in [0, 0.1) is 19.7 Å². The minimum absolute atomic E-state index is 0.0690. The number of aromatic nitrogens is 2. The zero-order valence-corrected chi connectivity index (χ0v) is 22.1. The van der Waals surface area contributed by atoms with Crippen molar-refractivity contribution in [1.29, 1.82) is 0 Å². The molecule has 7 heteroatoms. The molecule has 0 spiro atoms. The molecule has 0 saturated heterocycles. The van der Waals surface area contributed by atoms with Crippen LogP contribution in [0.2, 0.25) is 0 Å². The van der Waals surface area contributed by atoms with Crippen molar-refractivity contribution in [3.63, 3.8) is 0 Å². The molecular weight excluding hydrogens is 481 g/mol. The summed E-state index contributed by atoms with van der Waals surface area (Å²) in [6.07, 6.45) is 3.79. The summed E-state index contributed by atoms with van der Waals surface area (Å²) < 4.78 is 19.2. The van der Waals surface area contributed by atoms with E-state index in [0.29, 0.717) is 18.8 Å². The van der Waals surface area contributed by atoms with Gasteiger partial charge in [-0.2, -0.15) is 9.78 Å². The summed E-state index contributed by atoms with van der Waals surface area (Å²) in [7, 11) is -1.73. The fourth-order valence-corrected chi connectivity index (χ4v) is 5.29. The average molecular weight is 514 g/mol. The molecule has 0 fully saturated rings. The van der Waals surface area contributed by atoms with Gasteiger partial charge in [-0.15, -0.1) is 9.39 Å². The molecule has 0 aliphatic rings. The van der Waals surface area contributed by atoms with Gasteiger partial charge in [-0.25, -0.2) is 9.38 Å². The van der Waals surface area contributed by atoms with Gasteiger partial charge in [0.15, 0.2) is 11.6 Å². The van der Waals surface area contributed by atoms with E-state index >= 15 is 0 Å². The first-order chi connectivity index (χ1) is 17.8. The molecule has 2 N–H and O–H groups in total. The van der Waals surface area contributed by atoms with Gasteiger partial charge in [-0.3, -0.25) is 0 Å². The minimum Gasteiger partial charge on any atom is -0.366 e. The SMILES string of the molecule is C=Nc1c(F)cnn1/C(=C\Cc1ccccc1C)NCc1cccc(NS(=C)(=C)c2ccc(C)cc2)c1. The quantitative estimate of drug-likeness (QED) is 0.180. The lowest BCUT2D eigenvalue weighted by atomic mass is 10.1. The second-order valence-corrected chi connectivity index (χ2v) is 11.4. The van der Waals surface area contributed by atoms with Gasteiger partial charge >= 0.3 is 0 Å². The number of aryl methyl sites for hydroxylation is 2. The number of rotatable bonds is 10. The maximum atomic E-state index is 14.2. The number of aliphatic imine (C=N–C) groups is 1. The third kappa shape index (κ3) is 6.37. The van der Waals surface area contributed by atoms with Crippen LogP contribution in [0.3, 0.4) is 0 Å². The molecule has 0 aliphatic carbocycles. The highest BCUT2D eigenvalue weighted by Gasteiger charge is 2.13. The van der Waals surface area contributed by atoms with Crippen molar-refractivity contribution in [3.05, 3.63) is 113 Å². The maximum absolute atomic E-state index is 14.2. The average Bonchev–Trinajstić information content (AvgIpc) is 3.25. The fourth-order valence-electron chi connectivity index (χ4n) is 3.94. The molecule has 0 aliphatic heterocycles. The van der Waals surface area contributed by atoms with Crippen LogP contribution in [0.1, 0.15) is 22.3 Å². The number of hydrogen-bond acceptors (Lipinski definition) is 4. The van der Waals surface area contributed by atoms with E-state index in [4.69, 9.17) is 0 Å². The molecule has 0 bridgehead atoms. The topological polar surface area (TPSA) is 54.2 Å². The van der Waals surface area contributed by atoms with E-state index in [1.165, 1.54) is 21.4 Å². The Balaban J connectivity index is 1.55. The van der Waals surface area contributed by atoms with Crippen LogP contribution in [-0.2, 0) is 13.0 Å². The molecule has 37 heavy (non-hydrogen) atoms. The van der Waals surface area contributed by atoms with E-state index in [1.54, 1.807) is 0 Å². The first-order valence-electron chi connectivity index (χ1n) is 11.9. The molecule has 0 unspecified atom stereocenters. The van der Waals surface area contributed by atoms with Crippen molar-refractivity contribution in [1.82, 2.24) is 15.1 Å². The molecule has 0 atom stereocenters. The first kappa shape index (κ1) is 26.0. The molecule has 1 heterocycles. The molecule has 1 aromatic heterocycles. The van der Waals surface area contributed by atoms with Crippen LogP contribution < -0.4 is 10.0 Å². The van der Waals surface area contributed by atoms with Gasteiger partial charge in [0.2, 0.25) is 0 Å². The highest BCUT2D eigenvalue weighted by molar-refractivity contribution is 8.28. The van der Waals surface area contributed by atoms with Gasteiger partial charge in [-0.1, -0.05) is 65.8 Å². The predicted molar refractivity (Wildman–Crippen MR) is 159 cm³/mol. The second kappa shape index (κ2) is 11.3. The van der Waals surface area contributed by atoms with E-state index in [-0.39, 0.29) is 5.82 Å². The number of hydrogen-bond donors (Lipinski definition) is 2. The Morgan fingerprint density at radius 3 is 2.54 bits per heavy atom. The number of benzene rings is 3. The van der Waals surface area contributed by atoms with E-state index in [1.807, 2.05) is 36.4 Å². The second-order valence-electron chi connectivity index (χ2n) is 8.96. The maximum Gasteiger partial charge on any atom is 0.192 e. The highest BCUT2D eigenvalue weighted by atomic mass is 32.2. The molecule has 4 aromatic rings. The summed E-state index contributed by atoms with van der Waals surface area (Å²) >= 11 is 0. The summed E-state index contributed by atoms with van der Waals surface area (Å²) in [4.78, 5) is 4.92. The summed E-state index contributed by atoms with van der Waals surface area (Å²) in [6.45, 7) is 8.14. The Hall–Kier alpha value is -4.10. The van der Waals surface area contributed by atoms with Crippen molar-refractivity contribution in [2.75, 3.05) is 4.72 Å². The van der Waals surface area contributed by atoms with E-state index in [0.717, 1.165) is 22.3 Å². The van der Waals surface area contributed by atoms with Crippen LogP contribution in [0.15, 0.2) is 95.0 Å². The summed E-state index contributed by atoms with van der Waals surface area (Å²) in [5, 5.41) is 7.60. The lowest BCUT2D eigenvalue weighted by Crippen LogP contribution is -2.18. The van der Waals surface area contributed by atoms with Crippen LogP contribution >= 0.6 is 9.39 Å². The number of allylic oxidation sites excluding steroid dienone is 1. The van der Waals surface area contributed by atoms with Crippen molar-refractivity contribution >= 4 is 45.2 Å². The molecule has 5 nitrogen and oxygen atoms in total.